The van der Waals surface area contributed by atoms with E-state index in [2.05, 4.69) is 4.74 Å². The minimum atomic E-state index is -1.67. The molecule has 2 aromatic heterocycles. The lowest BCUT2D eigenvalue weighted by atomic mass is 9.96. The molecule has 0 amide bonds. The van der Waals surface area contributed by atoms with Crippen molar-refractivity contribution in [3.05, 3.63) is 63.3 Å². The highest BCUT2D eigenvalue weighted by Gasteiger charge is 2.30. The predicted molar refractivity (Wildman–Crippen MR) is 98.8 cm³/mol. The van der Waals surface area contributed by atoms with Crippen molar-refractivity contribution in [3.63, 3.8) is 0 Å². The van der Waals surface area contributed by atoms with Crippen LogP contribution in [0.15, 0.2) is 29.2 Å². The number of fused-ring (bicyclic) bond motifs is 1. The molecule has 4 rings (SSSR count). The maximum Gasteiger partial charge on any atom is 0.511 e. The normalized spacial score (nSPS) is 13.7. The van der Waals surface area contributed by atoms with Gasteiger partial charge in [-0.25, -0.2) is 18.0 Å². The van der Waals surface area contributed by atoms with Crippen molar-refractivity contribution >= 4 is 17.4 Å². The van der Waals surface area contributed by atoms with Gasteiger partial charge in [-0.2, -0.15) is 0 Å². The number of rotatable bonds is 3. The Labute approximate surface area is 162 Å². The van der Waals surface area contributed by atoms with Crippen LogP contribution in [-0.4, -0.2) is 15.7 Å². The largest absolute Gasteiger partial charge is 0.511 e. The Bertz CT molecular complexity index is 1250. The van der Waals surface area contributed by atoms with E-state index in [9.17, 15) is 22.8 Å². The molecule has 1 aromatic carbocycles. The van der Waals surface area contributed by atoms with E-state index in [1.807, 2.05) is 0 Å². The Morgan fingerprint density at radius 3 is 2.48 bits per heavy atom. The van der Waals surface area contributed by atoms with Gasteiger partial charge in [0.15, 0.2) is 5.75 Å². The molecule has 150 valence electrons. The number of nitrogens with zero attached hydrogens (tertiary/aromatic N) is 1. The number of carbonyl (C=O) groups is 1. The Hall–Kier alpha value is -3.49. The van der Waals surface area contributed by atoms with E-state index in [0.29, 0.717) is 11.1 Å². The van der Waals surface area contributed by atoms with E-state index in [4.69, 9.17) is 10.8 Å². The van der Waals surface area contributed by atoms with E-state index >= 15 is 0 Å². The molecule has 0 unspecified atom stereocenters. The Kier molecular flexibility index (Phi) is 4.25. The summed E-state index contributed by atoms with van der Waals surface area (Å²) in [6.45, 7) is 1.49. The van der Waals surface area contributed by atoms with Crippen LogP contribution in [0.3, 0.4) is 0 Å². The molecule has 3 N–H and O–H groups in total. The molecule has 3 aromatic rings. The van der Waals surface area contributed by atoms with Gasteiger partial charge in [-0.05, 0) is 48.9 Å². The molecule has 1 aliphatic carbocycles. The van der Waals surface area contributed by atoms with Crippen LogP contribution in [0.4, 0.5) is 23.7 Å². The number of aryl methyl sites for hydroxylation is 1. The van der Waals surface area contributed by atoms with Crippen molar-refractivity contribution in [2.24, 2.45) is 0 Å². The van der Waals surface area contributed by atoms with Gasteiger partial charge in [-0.3, -0.25) is 9.20 Å². The molecule has 0 spiro atoms. The fourth-order valence-corrected chi connectivity index (χ4v) is 3.58. The van der Waals surface area contributed by atoms with Gasteiger partial charge in [0.25, 0.3) is 5.56 Å². The lowest BCUT2D eigenvalue weighted by Crippen LogP contribution is -2.21. The van der Waals surface area contributed by atoms with Crippen LogP contribution in [0.25, 0.3) is 16.6 Å². The zero-order valence-corrected chi connectivity index (χ0v) is 15.1. The molecule has 1 aliphatic rings. The molecule has 0 bridgehead atoms. The maximum absolute atomic E-state index is 15.0. The molecule has 9 heteroatoms. The van der Waals surface area contributed by atoms with Crippen molar-refractivity contribution in [3.8, 4) is 16.9 Å². The summed E-state index contributed by atoms with van der Waals surface area (Å²) in [5, 5.41) is 8.86. The number of ether oxygens (including phenoxy) is 1. The lowest BCUT2D eigenvalue weighted by molar-refractivity contribution is 0.143. The number of nitrogen functional groups attached to an aromatic ring is 1. The first kappa shape index (κ1) is 18.9. The number of benzene rings is 1. The van der Waals surface area contributed by atoms with E-state index in [1.165, 1.54) is 13.0 Å². The second-order valence-corrected chi connectivity index (χ2v) is 6.96. The molecule has 1 fully saturated rings. The van der Waals surface area contributed by atoms with Crippen molar-refractivity contribution in [1.82, 2.24) is 4.40 Å². The summed E-state index contributed by atoms with van der Waals surface area (Å²) < 4.78 is 48.9. The average Bonchev–Trinajstić information content (AvgIpc) is 3.46. The van der Waals surface area contributed by atoms with Crippen LogP contribution in [-0.2, 0) is 0 Å². The smallest absolute Gasteiger partial charge is 0.449 e. The molecule has 1 saturated carbocycles. The summed E-state index contributed by atoms with van der Waals surface area (Å²) in [6.07, 6.45) is 0.736. The fourth-order valence-electron chi connectivity index (χ4n) is 3.58. The van der Waals surface area contributed by atoms with Gasteiger partial charge in [0.2, 0.25) is 0 Å². The molecule has 2 heterocycles. The van der Waals surface area contributed by atoms with Crippen molar-refractivity contribution in [2.45, 2.75) is 25.7 Å². The summed E-state index contributed by atoms with van der Waals surface area (Å²) in [5.41, 5.74) is 4.67. The third-order valence-electron chi connectivity index (χ3n) is 5.01. The van der Waals surface area contributed by atoms with Crippen molar-refractivity contribution < 1.29 is 27.8 Å². The number of hydrogen-bond donors (Lipinski definition) is 2. The number of hydrogen-bond acceptors (Lipinski definition) is 4. The zero-order valence-electron chi connectivity index (χ0n) is 15.1. The molecule has 0 aliphatic heterocycles. The topological polar surface area (TPSA) is 94.0 Å². The SMILES string of the molecule is Cc1c(-c2cc(F)c(N)cc2F)c(F)cn2c(=O)c(OC(=O)O)cc(C3CC3)c12. The molecular formula is C20H15F3N2O4. The monoisotopic (exact) mass is 404 g/mol. The highest BCUT2D eigenvalue weighted by atomic mass is 19.1. The zero-order chi connectivity index (χ0) is 21.0. The summed E-state index contributed by atoms with van der Waals surface area (Å²) in [6, 6.07) is 2.90. The summed E-state index contributed by atoms with van der Waals surface area (Å²) in [4.78, 5) is 23.5. The molecule has 29 heavy (non-hydrogen) atoms. The Morgan fingerprint density at radius 1 is 1.17 bits per heavy atom. The van der Waals surface area contributed by atoms with Gasteiger partial charge in [-0.15, -0.1) is 0 Å². The summed E-state index contributed by atoms with van der Waals surface area (Å²) in [7, 11) is 0. The third-order valence-corrected chi connectivity index (χ3v) is 5.01. The predicted octanol–water partition coefficient (Wildman–Crippen LogP) is 4.21. The van der Waals surface area contributed by atoms with E-state index < -0.39 is 40.6 Å². The average molecular weight is 404 g/mol. The molecule has 0 radical (unpaired) electrons. The van der Waals surface area contributed by atoms with Crippen LogP contribution >= 0.6 is 0 Å². The number of halogens is 3. The Balaban J connectivity index is 2.08. The van der Waals surface area contributed by atoms with Gasteiger partial charge >= 0.3 is 6.16 Å². The Morgan fingerprint density at radius 2 is 1.86 bits per heavy atom. The van der Waals surface area contributed by atoms with Crippen LogP contribution in [0.2, 0.25) is 0 Å². The van der Waals surface area contributed by atoms with Gasteiger partial charge in [-0.1, -0.05) is 0 Å². The van der Waals surface area contributed by atoms with Crippen LogP contribution in [0.5, 0.6) is 5.75 Å². The lowest BCUT2D eigenvalue weighted by Gasteiger charge is -2.17. The molecular weight excluding hydrogens is 389 g/mol. The van der Waals surface area contributed by atoms with Gasteiger partial charge in [0.05, 0.1) is 11.2 Å². The molecule has 0 atom stereocenters. The summed E-state index contributed by atoms with van der Waals surface area (Å²) in [5.74, 6) is -3.21. The van der Waals surface area contributed by atoms with Gasteiger partial charge < -0.3 is 15.6 Å². The standard InChI is InChI=1S/C20H15F3N2O4/c1-8-17(11-4-13(22)15(24)6-12(11)21)14(23)7-25-18(8)10(9-2-3-9)5-16(19(25)26)29-20(27)28/h4-7,9H,2-3,24H2,1H3,(H,27,28). The second-order valence-electron chi connectivity index (χ2n) is 6.96. The number of carboxylic acid groups (broad SMARTS) is 1. The van der Waals surface area contributed by atoms with Crippen molar-refractivity contribution in [1.29, 1.82) is 0 Å². The molecule has 6 nitrogen and oxygen atoms in total. The maximum atomic E-state index is 15.0. The first-order chi connectivity index (χ1) is 13.7. The van der Waals surface area contributed by atoms with Gasteiger partial charge in [0.1, 0.15) is 17.5 Å². The highest BCUT2D eigenvalue weighted by molar-refractivity contribution is 5.79. The third kappa shape index (κ3) is 3.08. The quantitative estimate of drug-likeness (QED) is 0.504. The van der Waals surface area contributed by atoms with Crippen LogP contribution < -0.4 is 16.0 Å². The highest BCUT2D eigenvalue weighted by Crippen LogP contribution is 2.44. The first-order valence-corrected chi connectivity index (χ1v) is 8.73. The second kappa shape index (κ2) is 6.54. The minimum Gasteiger partial charge on any atom is -0.449 e. The number of pyridine rings is 2. The van der Waals surface area contributed by atoms with E-state index in [1.54, 1.807) is 0 Å². The van der Waals surface area contributed by atoms with E-state index in [0.717, 1.165) is 35.6 Å². The van der Waals surface area contributed by atoms with Crippen molar-refractivity contribution in [2.75, 3.05) is 5.73 Å². The number of aromatic nitrogens is 1. The number of nitrogens with two attached hydrogens (primary N) is 1. The first-order valence-electron chi connectivity index (χ1n) is 8.73. The van der Waals surface area contributed by atoms with Crippen LogP contribution in [0.1, 0.15) is 29.9 Å². The minimum absolute atomic E-state index is 0.0201. The van der Waals surface area contributed by atoms with Crippen LogP contribution in [0, 0.1) is 24.4 Å². The fraction of sp³-hybridized carbons (Fsp3) is 0.200. The number of anilines is 1. The van der Waals surface area contributed by atoms with Gasteiger partial charge in [0, 0.05) is 23.4 Å². The summed E-state index contributed by atoms with van der Waals surface area (Å²) >= 11 is 0. The van der Waals surface area contributed by atoms with E-state index in [-0.39, 0.29) is 22.6 Å². The molecule has 0 saturated heterocycles.